The Morgan fingerprint density at radius 2 is 2.00 bits per heavy atom. The maximum Gasteiger partial charge on any atom is 0.243 e. The minimum Gasteiger partial charge on any atom is -0.497 e. The fourth-order valence-electron chi connectivity index (χ4n) is 2.93. The molecule has 0 bridgehead atoms. The number of hydrogen-bond donors (Lipinski definition) is 1. The van der Waals surface area contributed by atoms with Crippen molar-refractivity contribution in [2.24, 2.45) is 0 Å². The predicted molar refractivity (Wildman–Crippen MR) is 105 cm³/mol. The van der Waals surface area contributed by atoms with Gasteiger partial charge in [-0.25, -0.2) is 4.98 Å². The lowest BCUT2D eigenvalue weighted by molar-refractivity contribution is 0.415. The third kappa shape index (κ3) is 3.87. The van der Waals surface area contributed by atoms with Crippen LogP contribution in [0, 0.1) is 0 Å². The molecule has 2 aromatic heterocycles. The molecule has 0 atom stereocenters. The summed E-state index contributed by atoms with van der Waals surface area (Å²) in [4.78, 5) is 4.54. The number of aromatic nitrogens is 5. The summed E-state index contributed by atoms with van der Waals surface area (Å²) in [5, 5.41) is 17.0. The summed E-state index contributed by atoms with van der Waals surface area (Å²) < 4.78 is 7.28. The molecule has 0 aliphatic rings. The summed E-state index contributed by atoms with van der Waals surface area (Å²) >= 11 is 0. The van der Waals surface area contributed by atoms with Crippen LogP contribution in [0.1, 0.15) is 6.42 Å². The molecule has 0 fully saturated rings. The van der Waals surface area contributed by atoms with E-state index in [0.29, 0.717) is 5.95 Å². The van der Waals surface area contributed by atoms with Gasteiger partial charge in [-0.15, -0.1) is 5.10 Å². The maximum absolute atomic E-state index is 5.26. The third-order valence-electron chi connectivity index (χ3n) is 4.31. The number of anilines is 1. The van der Waals surface area contributed by atoms with E-state index in [0.717, 1.165) is 47.4 Å². The Morgan fingerprint density at radius 1 is 1.07 bits per heavy atom. The zero-order valence-electron chi connectivity index (χ0n) is 15.0. The molecule has 2 aromatic carbocycles. The normalized spacial score (nSPS) is 10.9. The summed E-state index contributed by atoms with van der Waals surface area (Å²) in [6, 6.07) is 15.9. The average Bonchev–Trinajstić information content (AvgIpc) is 3.15. The Morgan fingerprint density at radius 3 is 2.93 bits per heavy atom. The van der Waals surface area contributed by atoms with E-state index in [1.807, 2.05) is 47.3 Å². The molecule has 0 aliphatic heterocycles. The predicted octanol–water partition coefficient (Wildman–Crippen LogP) is 3.40. The van der Waals surface area contributed by atoms with E-state index in [9.17, 15) is 0 Å². The van der Waals surface area contributed by atoms with Gasteiger partial charge in [0.25, 0.3) is 0 Å². The highest BCUT2D eigenvalue weighted by atomic mass is 16.5. The van der Waals surface area contributed by atoms with Crippen LogP contribution >= 0.6 is 0 Å². The van der Waals surface area contributed by atoms with Crippen LogP contribution in [-0.4, -0.2) is 38.6 Å². The van der Waals surface area contributed by atoms with Crippen molar-refractivity contribution >= 4 is 16.9 Å². The highest BCUT2D eigenvalue weighted by Crippen LogP contribution is 2.21. The monoisotopic (exact) mass is 360 g/mol. The van der Waals surface area contributed by atoms with Gasteiger partial charge >= 0.3 is 0 Å². The molecular weight excluding hydrogens is 340 g/mol. The second kappa shape index (κ2) is 7.82. The van der Waals surface area contributed by atoms with Gasteiger partial charge in [0.1, 0.15) is 5.75 Å². The molecule has 7 heteroatoms. The summed E-state index contributed by atoms with van der Waals surface area (Å²) in [5.74, 6) is 1.30. The van der Waals surface area contributed by atoms with Crippen molar-refractivity contribution < 1.29 is 4.74 Å². The van der Waals surface area contributed by atoms with Crippen molar-refractivity contribution in [1.82, 2.24) is 25.0 Å². The van der Waals surface area contributed by atoms with Gasteiger partial charge in [0, 0.05) is 24.0 Å². The quantitative estimate of drug-likeness (QED) is 0.509. The fraction of sp³-hybridized carbons (Fsp3) is 0.200. The number of hydrogen-bond acceptors (Lipinski definition) is 6. The van der Waals surface area contributed by atoms with Crippen molar-refractivity contribution in [3.05, 3.63) is 60.9 Å². The summed E-state index contributed by atoms with van der Waals surface area (Å²) in [7, 11) is 1.65. The molecule has 1 N–H and O–H groups in total. The van der Waals surface area contributed by atoms with E-state index in [4.69, 9.17) is 4.74 Å². The average molecular weight is 360 g/mol. The number of benzene rings is 2. The van der Waals surface area contributed by atoms with Gasteiger partial charge in [-0.3, -0.25) is 4.68 Å². The largest absolute Gasteiger partial charge is 0.497 e. The van der Waals surface area contributed by atoms with Crippen LogP contribution < -0.4 is 10.1 Å². The lowest BCUT2D eigenvalue weighted by atomic mass is 10.1. The zero-order valence-corrected chi connectivity index (χ0v) is 15.0. The zero-order chi connectivity index (χ0) is 18.5. The standard InChI is InChI=1S/C20H20N6O/c1-27-17-8-4-7-15(12-17)18-14-22-25-20(24-18)21-10-5-11-26-19-9-3-2-6-16(19)13-23-26/h2-4,6-9,12-14H,5,10-11H2,1H3,(H,21,24,25). The van der Waals surface area contributed by atoms with Crippen LogP contribution in [0.15, 0.2) is 60.9 Å². The third-order valence-corrected chi connectivity index (χ3v) is 4.31. The number of aryl methyl sites for hydroxylation is 1. The molecule has 27 heavy (non-hydrogen) atoms. The SMILES string of the molecule is COc1cccc(-c2cnnc(NCCCn3ncc4ccccc43)n2)c1. The van der Waals surface area contributed by atoms with Gasteiger partial charge in [0.15, 0.2) is 0 Å². The minimum absolute atomic E-state index is 0.514. The van der Waals surface area contributed by atoms with Crippen LogP contribution in [0.5, 0.6) is 5.75 Å². The Kier molecular flexibility index (Phi) is 4.91. The molecule has 0 saturated carbocycles. The number of fused-ring (bicyclic) bond motifs is 1. The number of para-hydroxylation sites is 1. The first-order valence-electron chi connectivity index (χ1n) is 8.82. The Labute approximate surface area is 157 Å². The van der Waals surface area contributed by atoms with E-state index in [-0.39, 0.29) is 0 Å². The van der Waals surface area contributed by atoms with E-state index >= 15 is 0 Å². The van der Waals surface area contributed by atoms with Gasteiger partial charge in [0.2, 0.25) is 5.95 Å². The second-order valence-electron chi connectivity index (χ2n) is 6.10. The fourth-order valence-corrected chi connectivity index (χ4v) is 2.93. The van der Waals surface area contributed by atoms with Gasteiger partial charge in [-0.2, -0.15) is 10.2 Å². The number of nitrogens with one attached hydrogen (secondary N) is 1. The summed E-state index contributed by atoms with van der Waals surface area (Å²) in [6.45, 7) is 1.56. The van der Waals surface area contributed by atoms with E-state index in [2.05, 4.69) is 37.7 Å². The molecule has 0 amide bonds. The molecule has 0 spiro atoms. The molecule has 7 nitrogen and oxygen atoms in total. The van der Waals surface area contributed by atoms with Crippen LogP contribution in [0.3, 0.4) is 0 Å². The molecule has 0 saturated heterocycles. The van der Waals surface area contributed by atoms with Crippen molar-refractivity contribution in [1.29, 1.82) is 0 Å². The minimum atomic E-state index is 0.514. The first-order valence-corrected chi connectivity index (χ1v) is 8.82. The van der Waals surface area contributed by atoms with Gasteiger partial charge in [0.05, 0.1) is 30.7 Å². The van der Waals surface area contributed by atoms with Gasteiger partial charge in [-0.1, -0.05) is 30.3 Å². The Balaban J connectivity index is 1.37. The summed E-state index contributed by atoms with van der Waals surface area (Å²) in [6.07, 6.45) is 4.45. The number of nitrogens with zero attached hydrogens (tertiary/aromatic N) is 5. The first-order chi connectivity index (χ1) is 13.3. The first kappa shape index (κ1) is 17.0. The summed E-state index contributed by atoms with van der Waals surface area (Å²) in [5.41, 5.74) is 2.84. The molecule has 4 rings (SSSR count). The van der Waals surface area contributed by atoms with Crippen molar-refractivity contribution in [3.8, 4) is 17.0 Å². The Bertz CT molecular complexity index is 1050. The number of methoxy groups -OCH3 is 1. The van der Waals surface area contributed by atoms with Crippen LogP contribution in [0.25, 0.3) is 22.2 Å². The van der Waals surface area contributed by atoms with Crippen molar-refractivity contribution in [3.63, 3.8) is 0 Å². The molecule has 136 valence electrons. The maximum atomic E-state index is 5.26. The smallest absolute Gasteiger partial charge is 0.243 e. The van der Waals surface area contributed by atoms with Gasteiger partial charge in [-0.05, 0) is 24.6 Å². The Hall–Kier alpha value is -3.48. The second-order valence-corrected chi connectivity index (χ2v) is 6.10. The van der Waals surface area contributed by atoms with Crippen LogP contribution in [-0.2, 0) is 6.54 Å². The van der Waals surface area contributed by atoms with E-state index in [1.54, 1.807) is 13.3 Å². The topological polar surface area (TPSA) is 77.8 Å². The molecular formula is C20H20N6O. The van der Waals surface area contributed by atoms with E-state index < -0.39 is 0 Å². The highest BCUT2D eigenvalue weighted by Gasteiger charge is 2.05. The molecule has 2 heterocycles. The lowest BCUT2D eigenvalue weighted by Crippen LogP contribution is -2.10. The highest BCUT2D eigenvalue weighted by molar-refractivity contribution is 5.78. The van der Waals surface area contributed by atoms with Crippen LogP contribution in [0.4, 0.5) is 5.95 Å². The molecule has 0 unspecified atom stereocenters. The number of rotatable bonds is 7. The molecule has 4 aromatic rings. The van der Waals surface area contributed by atoms with E-state index in [1.165, 1.54) is 0 Å². The van der Waals surface area contributed by atoms with Gasteiger partial charge < -0.3 is 10.1 Å². The molecule has 0 aliphatic carbocycles. The molecule has 0 radical (unpaired) electrons. The lowest BCUT2D eigenvalue weighted by Gasteiger charge is -2.07. The van der Waals surface area contributed by atoms with Crippen molar-refractivity contribution in [2.45, 2.75) is 13.0 Å². The number of ether oxygens (including phenoxy) is 1. The van der Waals surface area contributed by atoms with Crippen LogP contribution in [0.2, 0.25) is 0 Å². The van der Waals surface area contributed by atoms with Crippen molar-refractivity contribution in [2.75, 3.05) is 19.0 Å².